The molecule has 2 aliphatic heterocycles. The molecule has 2 fully saturated rings. The summed E-state index contributed by atoms with van der Waals surface area (Å²) in [6.45, 7) is 2.98. The fourth-order valence-electron chi connectivity index (χ4n) is 4.56. The largest absolute Gasteiger partial charge is 0.378 e. The van der Waals surface area contributed by atoms with E-state index in [9.17, 15) is 19.7 Å². The van der Waals surface area contributed by atoms with Crippen molar-refractivity contribution in [2.75, 3.05) is 37.0 Å². The number of rotatable bonds is 8. The van der Waals surface area contributed by atoms with Crippen LogP contribution in [0.3, 0.4) is 0 Å². The number of carbonyl (C=O) groups excluding carboxylic acids is 2. The van der Waals surface area contributed by atoms with Crippen molar-refractivity contribution in [3.63, 3.8) is 0 Å². The van der Waals surface area contributed by atoms with E-state index >= 15 is 0 Å². The van der Waals surface area contributed by atoms with E-state index in [1.165, 1.54) is 18.3 Å². The Morgan fingerprint density at radius 2 is 1.85 bits per heavy atom. The zero-order valence-corrected chi connectivity index (χ0v) is 21.9. The third kappa shape index (κ3) is 6.27. The summed E-state index contributed by atoms with van der Waals surface area (Å²) in [4.78, 5) is 40.0. The lowest BCUT2D eigenvalue weighted by molar-refractivity contribution is -0.384. The number of carbonyl (C=O) groups is 2. The van der Waals surface area contributed by atoms with Crippen molar-refractivity contribution in [2.24, 2.45) is 5.10 Å². The Morgan fingerprint density at radius 1 is 1.10 bits per heavy atom. The van der Waals surface area contributed by atoms with Crippen LogP contribution in [0.2, 0.25) is 0 Å². The second-order valence-electron chi connectivity index (χ2n) is 9.09. The summed E-state index contributed by atoms with van der Waals surface area (Å²) in [5.74, 6) is 0.0912. The summed E-state index contributed by atoms with van der Waals surface area (Å²) < 4.78 is 5.40. The summed E-state index contributed by atoms with van der Waals surface area (Å²) in [7, 11) is 0. The molecule has 0 bridgehead atoms. The third-order valence-corrected chi connectivity index (χ3v) is 7.82. The summed E-state index contributed by atoms with van der Waals surface area (Å²) >= 11 is 1.57. The van der Waals surface area contributed by atoms with E-state index in [4.69, 9.17) is 4.74 Å². The van der Waals surface area contributed by atoms with E-state index in [1.807, 2.05) is 47.4 Å². The molecule has 2 saturated heterocycles. The summed E-state index contributed by atoms with van der Waals surface area (Å²) in [5.41, 5.74) is 6.18. The van der Waals surface area contributed by atoms with Crippen LogP contribution in [-0.2, 0) is 16.1 Å². The molecule has 3 aromatic rings. The molecule has 200 valence electrons. The molecule has 10 nitrogen and oxygen atoms in total. The number of hydrazone groups is 1. The maximum absolute atomic E-state index is 12.8. The molecular formula is C28H27N5O5S. The number of non-ortho nitro benzene ring substituents is 1. The Morgan fingerprint density at radius 3 is 2.56 bits per heavy atom. The van der Waals surface area contributed by atoms with Crippen LogP contribution >= 0.6 is 11.8 Å². The van der Waals surface area contributed by atoms with Crippen LogP contribution in [0.15, 0.2) is 77.9 Å². The average Bonchev–Trinajstić information content (AvgIpc) is 3.33. The van der Waals surface area contributed by atoms with Gasteiger partial charge in [-0.05, 0) is 29.3 Å². The monoisotopic (exact) mass is 545 g/mol. The minimum absolute atomic E-state index is 0.0556. The number of thioether (sulfide) groups is 1. The molecule has 3 aromatic carbocycles. The van der Waals surface area contributed by atoms with E-state index in [1.54, 1.807) is 30.0 Å². The zero-order valence-electron chi connectivity index (χ0n) is 21.1. The number of anilines is 1. The van der Waals surface area contributed by atoms with Gasteiger partial charge in [0.05, 0.1) is 30.1 Å². The van der Waals surface area contributed by atoms with Gasteiger partial charge in [-0.1, -0.05) is 42.5 Å². The minimum Gasteiger partial charge on any atom is -0.378 e. The molecule has 2 aliphatic rings. The first-order chi connectivity index (χ1) is 19.0. The lowest BCUT2D eigenvalue weighted by Gasteiger charge is -2.29. The van der Waals surface area contributed by atoms with Crippen molar-refractivity contribution in [2.45, 2.75) is 11.9 Å². The van der Waals surface area contributed by atoms with Gasteiger partial charge in [-0.3, -0.25) is 19.7 Å². The summed E-state index contributed by atoms with van der Waals surface area (Å²) in [6.07, 6.45) is 1.42. The summed E-state index contributed by atoms with van der Waals surface area (Å²) in [5, 5.41) is 15.3. The maximum atomic E-state index is 12.8. The lowest BCUT2D eigenvalue weighted by atomic mass is 10.1. The number of benzene rings is 3. The zero-order chi connectivity index (χ0) is 27.2. The van der Waals surface area contributed by atoms with Crippen LogP contribution in [0.1, 0.15) is 32.4 Å². The Labute approximate surface area is 229 Å². The number of hydrogen-bond acceptors (Lipinski definition) is 8. The molecule has 39 heavy (non-hydrogen) atoms. The molecule has 1 unspecified atom stereocenters. The predicted molar refractivity (Wildman–Crippen MR) is 150 cm³/mol. The van der Waals surface area contributed by atoms with Gasteiger partial charge >= 0.3 is 0 Å². The fourth-order valence-corrected chi connectivity index (χ4v) is 5.74. The Balaban J connectivity index is 1.26. The van der Waals surface area contributed by atoms with Gasteiger partial charge in [-0.15, -0.1) is 11.8 Å². The van der Waals surface area contributed by atoms with Crippen molar-refractivity contribution in [3.05, 3.63) is 105 Å². The number of nitrogens with zero attached hydrogens (tertiary/aromatic N) is 4. The third-order valence-electron chi connectivity index (χ3n) is 6.57. The molecule has 0 spiro atoms. The quantitative estimate of drug-likeness (QED) is 0.259. The van der Waals surface area contributed by atoms with Crippen LogP contribution in [0.25, 0.3) is 0 Å². The first-order valence-electron chi connectivity index (χ1n) is 12.5. The summed E-state index contributed by atoms with van der Waals surface area (Å²) in [6, 6.07) is 21.6. The molecule has 1 atom stereocenters. The highest BCUT2D eigenvalue weighted by Crippen LogP contribution is 2.39. The second-order valence-corrected chi connectivity index (χ2v) is 10.2. The molecule has 0 aromatic heterocycles. The van der Waals surface area contributed by atoms with Gasteiger partial charge in [-0.25, -0.2) is 5.43 Å². The van der Waals surface area contributed by atoms with E-state index in [-0.39, 0.29) is 17.0 Å². The number of nitrogens with one attached hydrogen (secondary N) is 1. The van der Waals surface area contributed by atoms with Crippen molar-refractivity contribution in [3.8, 4) is 0 Å². The van der Waals surface area contributed by atoms with Crippen LogP contribution < -0.4 is 10.3 Å². The highest BCUT2D eigenvalue weighted by Gasteiger charge is 2.32. The second kappa shape index (κ2) is 12.1. The molecular weight excluding hydrogens is 518 g/mol. The highest BCUT2D eigenvalue weighted by molar-refractivity contribution is 8.00. The smallest absolute Gasteiger partial charge is 0.271 e. The van der Waals surface area contributed by atoms with Gasteiger partial charge < -0.3 is 14.5 Å². The van der Waals surface area contributed by atoms with E-state index < -0.39 is 10.8 Å². The predicted octanol–water partition coefficient (Wildman–Crippen LogP) is 3.97. The number of morpholine rings is 1. The molecule has 1 N–H and O–H groups in total. The number of nitro groups is 1. The molecule has 2 amide bonds. The molecule has 0 radical (unpaired) electrons. The van der Waals surface area contributed by atoms with Crippen LogP contribution in [0.4, 0.5) is 11.4 Å². The molecule has 5 rings (SSSR count). The van der Waals surface area contributed by atoms with E-state index in [2.05, 4.69) is 15.4 Å². The lowest BCUT2D eigenvalue weighted by Crippen LogP contribution is -2.36. The van der Waals surface area contributed by atoms with Crippen LogP contribution in [0, 0.1) is 10.1 Å². The van der Waals surface area contributed by atoms with Crippen molar-refractivity contribution >= 4 is 41.2 Å². The van der Waals surface area contributed by atoms with Gasteiger partial charge in [0.2, 0.25) is 5.91 Å². The average molecular weight is 546 g/mol. The molecule has 0 saturated carbocycles. The molecule has 0 aliphatic carbocycles. The first-order valence-corrected chi connectivity index (χ1v) is 13.5. The molecule has 11 heteroatoms. The van der Waals surface area contributed by atoms with Gasteiger partial charge in [0.15, 0.2) is 0 Å². The minimum atomic E-state index is -0.461. The molecule has 2 heterocycles. The normalized spacial score (nSPS) is 17.5. The maximum Gasteiger partial charge on any atom is 0.271 e. The first kappa shape index (κ1) is 26.4. The standard InChI is InChI=1S/C28H27N5O5S/c34-26-19-39-28(32(26)18-20-4-2-1-3-5-20)22-8-6-21(7-9-22)27(35)30-29-17-23-16-24(33(36)37)10-11-25(23)31-12-14-38-15-13-31/h1-11,16-17,28H,12-15,18-19H2,(H,30,35). The number of nitro benzene ring substituents is 1. The number of amides is 2. The van der Waals surface area contributed by atoms with Crippen molar-refractivity contribution in [1.82, 2.24) is 10.3 Å². The SMILES string of the molecule is O=C(NN=Cc1cc([N+](=O)[O-])ccc1N1CCOCC1)c1ccc(C2SCC(=O)N2Cc2ccccc2)cc1. The Hall–Kier alpha value is -4.22. The topological polar surface area (TPSA) is 117 Å². The van der Waals surface area contributed by atoms with Gasteiger partial charge in [0.25, 0.3) is 11.6 Å². The van der Waals surface area contributed by atoms with Crippen LogP contribution in [0.5, 0.6) is 0 Å². The number of ether oxygens (including phenoxy) is 1. The Kier molecular flexibility index (Phi) is 8.18. The van der Waals surface area contributed by atoms with Gasteiger partial charge in [0, 0.05) is 48.6 Å². The van der Waals surface area contributed by atoms with E-state index in [0.29, 0.717) is 49.7 Å². The van der Waals surface area contributed by atoms with E-state index in [0.717, 1.165) is 16.8 Å². The van der Waals surface area contributed by atoms with Crippen molar-refractivity contribution in [1.29, 1.82) is 0 Å². The van der Waals surface area contributed by atoms with Gasteiger partial charge in [0.1, 0.15) is 5.37 Å². The van der Waals surface area contributed by atoms with Crippen LogP contribution in [-0.4, -0.2) is 59.9 Å². The number of hydrogen-bond donors (Lipinski definition) is 1. The van der Waals surface area contributed by atoms with Gasteiger partial charge in [-0.2, -0.15) is 5.10 Å². The van der Waals surface area contributed by atoms with Crippen molar-refractivity contribution < 1.29 is 19.2 Å². The Bertz CT molecular complexity index is 1380. The fraction of sp³-hybridized carbons (Fsp3) is 0.250. The highest BCUT2D eigenvalue weighted by atomic mass is 32.2.